The van der Waals surface area contributed by atoms with Crippen molar-refractivity contribution in [3.63, 3.8) is 0 Å². The highest BCUT2D eigenvalue weighted by atomic mass is 35.5. The van der Waals surface area contributed by atoms with Gasteiger partial charge in [-0.05, 0) is 56.0 Å². The van der Waals surface area contributed by atoms with Gasteiger partial charge in [-0.15, -0.1) is 10.2 Å². The van der Waals surface area contributed by atoms with E-state index in [1.165, 1.54) is 23.9 Å². The molecule has 0 aliphatic heterocycles. The Bertz CT molecular complexity index is 1450. The number of nitrogens with one attached hydrogen (secondary N) is 2. The number of hydrogen-bond donors (Lipinski definition) is 2. The van der Waals surface area contributed by atoms with E-state index in [0.29, 0.717) is 45.6 Å². The molecule has 4 aromatic rings. The van der Waals surface area contributed by atoms with E-state index in [1.54, 1.807) is 24.3 Å². The first kappa shape index (κ1) is 24.5. The second-order valence-electron chi connectivity index (χ2n) is 8.68. The van der Waals surface area contributed by atoms with Crippen molar-refractivity contribution in [3.8, 4) is 11.5 Å². The van der Waals surface area contributed by atoms with E-state index >= 15 is 0 Å². The van der Waals surface area contributed by atoms with Crippen molar-refractivity contribution in [2.45, 2.75) is 49.2 Å². The summed E-state index contributed by atoms with van der Waals surface area (Å²) in [6.45, 7) is 0. The fourth-order valence-corrected chi connectivity index (χ4v) is 5.29. The van der Waals surface area contributed by atoms with E-state index in [-0.39, 0.29) is 28.4 Å². The van der Waals surface area contributed by atoms with Gasteiger partial charge in [0.2, 0.25) is 17.7 Å². The van der Waals surface area contributed by atoms with Gasteiger partial charge in [-0.2, -0.15) is 0 Å². The Labute approximate surface area is 215 Å². The summed E-state index contributed by atoms with van der Waals surface area (Å²) in [5.74, 6) is 0.953. The summed E-state index contributed by atoms with van der Waals surface area (Å²) < 4.78 is 19.2. The predicted molar refractivity (Wildman–Crippen MR) is 136 cm³/mol. The summed E-state index contributed by atoms with van der Waals surface area (Å²) in [6.07, 6.45) is 3.57. The van der Waals surface area contributed by atoms with Crippen LogP contribution in [0.25, 0.3) is 22.4 Å². The average molecular weight is 528 g/mol. The summed E-state index contributed by atoms with van der Waals surface area (Å²) in [5.41, 5.74) is 1.03. The number of carbonyl (C=O) groups excluding carboxylic acids is 1. The van der Waals surface area contributed by atoms with Crippen LogP contribution in [-0.4, -0.2) is 37.9 Å². The summed E-state index contributed by atoms with van der Waals surface area (Å²) in [4.78, 5) is 31.8. The third-order valence-corrected chi connectivity index (χ3v) is 7.37. The zero-order chi connectivity index (χ0) is 25.1. The summed E-state index contributed by atoms with van der Waals surface area (Å²) in [5, 5.41) is 12.4. The zero-order valence-electron chi connectivity index (χ0n) is 19.2. The lowest BCUT2D eigenvalue weighted by molar-refractivity contribution is -0.121. The first-order valence-corrected chi connectivity index (χ1v) is 13.0. The molecule has 36 heavy (non-hydrogen) atoms. The Morgan fingerprint density at radius 3 is 2.78 bits per heavy atom. The van der Waals surface area contributed by atoms with Crippen molar-refractivity contribution in [1.29, 1.82) is 0 Å². The molecule has 1 saturated carbocycles. The maximum atomic E-state index is 13.4. The zero-order valence-corrected chi connectivity index (χ0v) is 20.7. The number of amides is 1. The van der Waals surface area contributed by atoms with Crippen LogP contribution in [0.3, 0.4) is 0 Å². The SMILES string of the molecule is O=C(CCSc1nc2ccccc2c(=O)[nH]1)NC1CCC(c2nnc(-c3ccc(F)c(Cl)c3)o2)CC1. The van der Waals surface area contributed by atoms with Crippen LogP contribution in [0.2, 0.25) is 5.02 Å². The molecule has 1 fully saturated rings. The van der Waals surface area contributed by atoms with Crippen LogP contribution >= 0.6 is 23.4 Å². The van der Waals surface area contributed by atoms with Crippen LogP contribution in [0, 0.1) is 5.82 Å². The van der Waals surface area contributed by atoms with Gasteiger partial charge in [-0.25, -0.2) is 9.37 Å². The number of fused-ring (bicyclic) bond motifs is 1. The van der Waals surface area contributed by atoms with Gasteiger partial charge in [-0.1, -0.05) is 35.5 Å². The van der Waals surface area contributed by atoms with Gasteiger partial charge < -0.3 is 14.7 Å². The lowest BCUT2D eigenvalue weighted by atomic mass is 9.86. The van der Waals surface area contributed by atoms with Crippen molar-refractivity contribution in [3.05, 3.63) is 69.5 Å². The molecule has 0 spiro atoms. The highest BCUT2D eigenvalue weighted by molar-refractivity contribution is 7.99. The molecule has 0 bridgehead atoms. The first-order chi connectivity index (χ1) is 17.5. The maximum Gasteiger partial charge on any atom is 0.259 e. The summed E-state index contributed by atoms with van der Waals surface area (Å²) in [6, 6.07) is 11.5. The number of H-pyrrole nitrogens is 1. The molecular weight excluding hydrogens is 505 g/mol. The molecular formula is C25H23ClFN5O3S. The van der Waals surface area contributed by atoms with Crippen molar-refractivity contribution in [2.24, 2.45) is 0 Å². The molecule has 11 heteroatoms. The highest BCUT2D eigenvalue weighted by Gasteiger charge is 2.27. The molecule has 2 heterocycles. The van der Waals surface area contributed by atoms with Crippen LogP contribution in [0.1, 0.15) is 43.9 Å². The van der Waals surface area contributed by atoms with Crippen molar-refractivity contribution >= 4 is 40.2 Å². The van der Waals surface area contributed by atoms with Crippen LogP contribution in [0.4, 0.5) is 4.39 Å². The molecule has 5 rings (SSSR count). The van der Waals surface area contributed by atoms with Crippen molar-refractivity contribution < 1.29 is 13.6 Å². The molecule has 0 saturated heterocycles. The van der Waals surface area contributed by atoms with Gasteiger partial charge in [0.15, 0.2) is 5.16 Å². The third-order valence-electron chi connectivity index (χ3n) is 6.21. The number of rotatable bonds is 7. The fourth-order valence-electron chi connectivity index (χ4n) is 4.30. The Morgan fingerprint density at radius 1 is 1.17 bits per heavy atom. The topological polar surface area (TPSA) is 114 Å². The first-order valence-electron chi connectivity index (χ1n) is 11.7. The lowest BCUT2D eigenvalue weighted by Crippen LogP contribution is -2.37. The highest BCUT2D eigenvalue weighted by Crippen LogP contribution is 2.34. The molecule has 8 nitrogen and oxygen atoms in total. The molecule has 1 amide bonds. The number of hydrogen-bond acceptors (Lipinski definition) is 7. The third kappa shape index (κ3) is 5.60. The Balaban J connectivity index is 1.08. The van der Waals surface area contributed by atoms with Crippen LogP contribution < -0.4 is 10.9 Å². The summed E-state index contributed by atoms with van der Waals surface area (Å²) >= 11 is 7.20. The molecule has 1 aliphatic carbocycles. The molecule has 2 aromatic carbocycles. The van der Waals surface area contributed by atoms with Gasteiger partial charge in [0.1, 0.15) is 5.82 Å². The number of halogens is 2. The maximum absolute atomic E-state index is 13.4. The molecule has 2 N–H and O–H groups in total. The van der Waals surface area contributed by atoms with E-state index < -0.39 is 5.82 Å². The van der Waals surface area contributed by atoms with Crippen molar-refractivity contribution in [1.82, 2.24) is 25.5 Å². The number of para-hydroxylation sites is 1. The molecule has 186 valence electrons. The molecule has 0 atom stereocenters. The second-order valence-corrected chi connectivity index (χ2v) is 10.2. The van der Waals surface area contributed by atoms with Gasteiger partial charge in [0.25, 0.3) is 5.56 Å². The van der Waals surface area contributed by atoms with Gasteiger partial charge in [0, 0.05) is 29.7 Å². The van der Waals surface area contributed by atoms with Gasteiger partial charge in [-0.3, -0.25) is 9.59 Å². The average Bonchev–Trinajstić information content (AvgIpc) is 3.37. The van der Waals surface area contributed by atoms with Crippen LogP contribution in [-0.2, 0) is 4.79 Å². The molecule has 1 aliphatic rings. The minimum atomic E-state index is -0.501. The standard InChI is InChI=1S/C25H23ClFN5O3S/c26-18-13-15(7-10-19(18)27)24-32-31-23(35-24)14-5-8-16(9-6-14)28-21(33)11-12-36-25-29-20-4-2-1-3-17(20)22(34)30-25/h1-4,7,10,13-14,16H,5-6,8-9,11-12H2,(H,28,33)(H,29,30,34). The largest absolute Gasteiger partial charge is 0.420 e. The Kier molecular flexibility index (Phi) is 7.33. The monoisotopic (exact) mass is 527 g/mol. The second kappa shape index (κ2) is 10.8. The smallest absolute Gasteiger partial charge is 0.259 e. The summed E-state index contributed by atoms with van der Waals surface area (Å²) in [7, 11) is 0. The quantitative estimate of drug-likeness (QED) is 0.254. The van der Waals surface area contributed by atoms with Crippen molar-refractivity contribution in [2.75, 3.05) is 5.75 Å². The van der Waals surface area contributed by atoms with Gasteiger partial charge >= 0.3 is 0 Å². The van der Waals surface area contributed by atoms with E-state index in [9.17, 15) is 14.0 Å². The minimum absolute atomic E-state index is 0.00344. The number of nitrogens with zero attached hydrogens (tertiary/aromatic N) is 3. The van der Waals surface area contributed by atoms with E-state index in [1.807, 2.05) is 6.07 Å². The normalized spacial score (nSPS) is 17.8. The Morgan fingerprint density at radius 2 is 1.97 bits per heavy atom. The molecule has 0 radical (unpaired) electrons. The minimum Gasteiger partial charge on any atom is -0.420 e. The van der Waals surface area contributed by atoms with Crippen LogP contribution in [0.5, 0.6) is 0 Å². The van der Waals surface area contributed by atoms with E-state index in [2.05, 4.69) is 25.5 Å². The number of thioether (sulfide) groups is 1. The van der Waals surface area contributed by atoms with Crippen LogP contribution in [0.15, 0.2) is 56.8 Å². The molecule has 2 aromatic heterocycles. The number of aromatic nitrogens is 4. The fraction of sp³-hybridized carbons (Fsp3) is 0.320. The number of aromatic amines is 1. The van der Waals surface area contributed by atoms with E-state index in [4.69, 9.17) is 16.0 Å². The number of benzene rings is 2. The predicted octanol–water partition coefficient (Wildman–Crippen LogP) is 5.09. The lowest BCUT2D eigenvalue weighted by Gasteiger charge is -2.27. The molecule has 0 unspecified atom stereocenters. The number of carbonyl (C=O) groups is 1. The van der Waals surface area contributed by atoms with E-state index in [0.717, 1.165) is 25.7 Å². The Hall–Kier alpha value is -3.24. The van der Waals surface area contributed by atoms with Gasteiger partial charge in [0.05, 0.1) is 15.9 Å².